The van der Waals surface area contributed by atoms with Crippen LogP contribution >= 0.6 is 0 Å². The number of nitrogens with zero attached hydrogens (tertiary/aromatic N) is 2. The molecule has 0 aliphatic rings. The number of carboxylic acids is 1. The van der Waals surface area contributed by atoms with E-state index in [1.165, 1.54) is 0 Å². The molecule has 112 valence electrons. The molecule has 0 aliphatic heterocycles. The van der Waals surface area contributed by atoms with Gasteiger partial charge in [0.1, 0.15) is 5.56 Å². The zero-order valence-corrected chi connectivity index (χ0v) is 12.2. The monoisotopic (exact) mass is 302 g/mol. The van der Waals surface area contributed by atoms with E-state index in [0.29, 0.717) is 24.1 Å². The van der Waals surface area contributed by atoms with Gasteiger partial charge in [0.2, 0.25) is 10.0 Å². The van der Waals surface area contributed by atoms with Gasteiger partial charge in [0, 0.05) is 6.54 Å². The molecule has 1 rings (SSSR count). The second-order valence-corrected chi connectivity index (χ2v) is 5.89. The van der Waals surface area contributed by atoms with E-state index in [-0.39, 0.29) is 23.7 Å². The van der Waals surface area contributed by atoms with Crippen LogP contribution < -0.4 is 10.5 Å². The Bertz CT molecular complexity index is 601. The zero-order valence-electron chi connectivity index (χ0n) is 11.4. The average molecular weight is 302 g/mol. The minimum absolute atomic E-state index is 0.0254. The number of aryl methyl sites for hydroxylation is 1. The standard InChI is InChI=1S/C11H18N4O4S/c1-3-7-8(4-2)14-15-10(9(7)11(16)17)13-5-6-20(12,18)19/h3-6H2,1-2H3,(H,13,15)(H,16,17)(H2,12,18,19). The Morgan fingerprint density at radius 2 is 1.95 bits per heavy atom. The fourth-order valence-electron chi connectivity index (χ4n) is 1.84. The molecule has 0 amide bonds. The molecule has 8 nitrogen and oxygen atoms in total. The van der Waals surface area contributed by atoms with Crippen LogP contribution in [0.15, 0.2) is 0 Å². The lowest BCUT2D eigenvalue weighted by molar-refractivity contribution is 0.0696. The number of carbonyl (C=O) groups is 1. The lowest BCUT2D eigenvalue weighted by atomic mass is 10.0. The quantitative estimate of drug-likeness (QED) is 0.645. The lowest BCUT2D eigenvalue weighted by Gasteiger charge is -2.13. The summed E-state index contributed by atoms with van der Waals surface area (Å²) in [7, 11) is -3.61. The largest absolute Gasteiger partial charge is 0.478 e. The van der Waals surface area contributed by atoms with E-state index in [0.717, 1.165) is 0 Å². The van der Waals surface area contributed by atoms with Gasteiger partial charge in [-0.25, -0.2) is 18.4 Å². The SMILES string of the molecule is CCc1nnc(NCCS(N)(=O)=O)c(C(=O)O)c1CC. The minimum atomic E-state index is -3.61. The molecule has 0 saturated heterocycles. The number of hydrogen-bond donors (Lipinski definition) is 3. The van der Waals surface area contributed by atoms with Crippen molar-refractivity contribution in [3.05, 3.63) is 16.8 Å². The molecule has 4 N–H and O–H groups in total. The van der Waals surface area contributed by atoms with E-state index in [1.807, 2.05) is 13.8 Å². The van der Waals surface area contributed by atoms with Gasteiger partial charge in [-0.3, -0.25) is 0 Å². The normalized spacial score (nSPS) is 11.3. The summed E-state index contributed by atoms with van der Waals surface area (Å²) in [5.74, 6) is -1.37. The van der Waals surface area contributed by atoms with Gasteiger partial charge in [-0.1, -0.05) is 13.8 Å². The van der Waals surface area contributed by atoms with Gasteiger partial charge >= 0.3 is 5.97 Å². The topological polar surface area (TPSA) is 135 Å². The Morgan fingerprint density at radius 3 is 2.40 bits per heavy atom. The second kappa shape index (κ2) is 6.62. The number of sulfonamides is 1. The van der Waals surface area contributed by atoms with Gasteiger partial charge in [-0.2, -0.15) is 5.10 Å². The van der Waals surface area contributed by atoms with Crippen molar-refractivity contribution >= 4 is 21.8 Å². The first-order valence-corrected chi connectivity index (χ1v) is 7.87. The van der Waals surface area contributed by atoms with Gasteiger partial charge in [0.25, 0.3) is 0 Å². The third-order valence-corrected chi connectivity index (χ3v) is 3.51. The van der Waals surface area contributed by atoms with Crippen molar-refractivity contribution in [2.75, 3.05) is 17.6 Å². The highest BCUT2D eigenvalue weighted by atomic mass is 32.2. The second-order valence-electron chi connectivity index (χ2n) is 4.15. The summed E-state index contributed by atoms with van der Waals surface area (Å²) in [6.45, 7) is 3.67. The first-order valence-electron chi connectivity index (χ1n) is 6.16. The molecule has 9 heteroatoms. The predicted octanol–water partition coefficient (Wildman–Crippen LogP) is 0.000000000000000666. The number of rotatable bonds is 7. The maximum Gasteiger partial charge on any atom is 0.339 e. The molecule has 0 spiro atoms. The fraction of sp³-hybridized carbons (Fsp3) is 0.545. The number of carboxylic acid groups (broad SMARTS) is 1. The van der Waals surface area contributed by atoms with Crippen LogP contribution in [0, 0.1) is 0 Å². The Labute approximate surface area is 117 Å². The molecule has 0 radical (unpaired) electrons. The molecule has 0 unspecified atom stereocenters. The van der Waals surface area contributed by atoms with Crippen LogP contribution in [-0.4, -0.2) is 42.0 Å². The van der Waals surface area contributed by atoms with Crippen LogP contribution in [0.3, 0.4) is 0 Å². The number of anilines is 1. The van der Waals surface area contributed by atoms with Crippen molar-refractivity contribution in [2.45, 2.75) is 26.7 Å². The summed E-state index contributed by atoms with van der Waals surface area (Å²) in [6, 6.07) is 0. The molecule has 0 aromatic carbocycles. The van der Waals surface area contributed by atoms with Crippen molar-refractivity contribution in [3.8, 4) is 0 Å². The average Bonchev–Trinajstić information content (AvgIpc) is 2.35. The third kappa shape index (κ3) is 4.14. The van der Waals surface area contributed by atoms with E-state index in [9.17, 15) is 18.3 Å². The molecule has 0 atom stereocenters. The van der Waals surface area contributed by atoms with Crippen molar-refractivity contribution in [2.24, 2.45) is 5.14 Å². The van der Waals surface area contributed by atoms with Gasteiger partial charge in [-0.05, 0) is 18.4 Å². The smallest absolute Gasteiger partial charge is 0.339 e. The van der Waals surface area contributed by atoms with Crippen molar-refractivity contribution in [3.63, 3.8) is 0 Å². The molecule has 0 bridgehead atoms. The van der Waals surface area contributed by atoms with Gasteiger partial charge < -0.3 is 10.4 Å². The van der Waals surface area contributed by atoms with Gasteiger partial charge in [0.05, 0.1) is 11.4 Å². The van der Waals surface area contributed by atoms with Crippen LogP contribution in [0.2, 0.25) is 0 Å². The maximum atomic E-state index is 11.4. The van der Waals surface area contributed by atoms with Crippen LogP contribution in [0.4, 0.5) is 5.82 Å². The van der Waals surface area contributed by atoms with Gasteiger partial charge in [-0.15, -0.1) is 5.10 Å². The number of nitrogens with two attached hydrogens (primary N) is 1. The fourth-order valence-corrected chi connectivity index (χ4v) is 2.23. The molecule has 0 fully saturated rings. The number of nitrogens with one attached hydrogen (secondary N) is 1. The van der Waals surface area contributed by atoms with Crippen molar-refractivity contribution in [1.82, 2.24) is 10.2 Å². The summed E-state index contributed by atoms with van der Waals surface area (Å²) in [5, 5.41) is 24.6. The van der Waals surface area contributed by atoms with E-state index in [2.05, 4.69) is 15.5 Å². The molecule has 0 saturated carbocycles. The summed E-state index contributed by atoms with van der Waals surface area (Å²) in [5.41, 5.74) is 1.27. The van der Waals surface area contributed by atoms with Crippen molar-refractivity contribution < 1.29 is 18.3 Å². The number of hydrogen-bond acceptors (Lipinski definition) is 6. The van der Waals surface area contributed by atoms with Crippen LogP contribution in [-0.2, 0) is 22.9 Å². The van der Waals surface area contributed by atoms with Crippen molar-refractivity contribution in [1.29, 1.82) is 0 Å². The number of primary sulfonamides is 1. The Hall–Kier alpha value is -1.74. The Kier molecular flexibility index (Phi) is 5.40. The summed E-state index contributed by atoms with van der Waals surface area (Å²) < 4.78 is 21.7. The molecule has 1 heterocycles. The Morgan fingerprint density at radius 1 is 1.30 bits per heavy atom. The highest BCUT2D eigenvalue weighted by Crippen LogP contribution is 2.20. The van der Waals surface area contributed by atoms with Gasteiger partial charge in [0.15, 0.2) is 5.82 Å². The third-order valence-electron chi connectivity index (χ3n) is 2.74. The lowest BCUT2D eigenvalue weighted by Crippen LogP contribution is -2.24. The predicted molar refractivity (Wildman–Crippen MR) is 74.2 cm³/mol. The van der Waals surface area contributed by atoms with E-state index in [4.69, 9.17) is 5.14 Å². The summed E-state index contributed by atoms with van der Waals surface area (Å²) in [4.78, 5) is 11.4. The van der Waals surface area contributed by atoms with E-state index < -0.39 is 16.0 Å². The Balaban J connectivity index is 3.10. The van der Waals surface area contributed by atoms with Crippen LogP contribution in [0.25, 0.3) is 0 Å². The summed E-state index contributed by atoms with van der Waals surface area (Å²) in [6.07, 6.45) is 1.08. The first kappa shape index (κ1) is 16.3. The number of aromatic carboxylic acids is 1. The molecule has 1 aromatic rings. The minimum Gasteiger partial charge on any atom is -0.478 e. The summed E-state index contributed by atoms with van der Waals surface area (Å²) >= 11 is 0. The molecule has 20 heavy (non-hydrogen) atoms. The van der Waals surface area contributed by atoms with Crippen LogP contribution in [0.5, 0.6) is 0 Å². The molecular formula is C11H18N4O4S. The molecular weight excluding hydrogens is 284 g/mol. The highest BCUT2D eigenvalue weighted by Gasteiger charge is 2.20. The number of aromatic nitrogens is 2. The molecule has 1 aromatic heterocycles. The molecule has 0 aliphatic carbocycles. The van der Waals surface area contributed by atoms with E-state index >= 15 is 0 Å². The maximum absolute atomic E-state index is 11.4. The van der Waals surface area contributed by atoms with E-state index in [1.54, 1.807) is 0 Å². The highest BCUT2D eigenvalue weighted by molar-refractivity contribution is 7.89. The first-order chi connectivity index (χ1) is 9.30. The van der Waals surface area contributed by atoms with Crippen LogP contribution in [0.1, 0.15) is 35.5 Å². The zero-order chi connectivity index (χ0) is 15.3.